The number of likely N-dealkylation sites (tertiary alicyclic amines) is 1. The van der Waals surface area contributed by atoms with Gasteiger partial charge >= 0.3 is 6.09 Å². The average molecular weight is 349 g/mol. The molecule has 1 heterocycles. The highest BCUT2D eigenvalue weighted by atomic mass is 16.6. The molecule has 0 aromatic heterocycles. The van der Waals surface area contributed by atoms with Crippen LogP contribution in [0.15, 0.2) is 24.3 Å². The second-order valence-electron chi connectivity index (χ2n) is 7.66. The highest BCUT2D eigenvalue weighted by Gasteiger charge is 2.36. The van der Waals surface area contributed by atoms with Crippen molar-refractivity contribution in [1.82, 2.24) is 10.2 Å². The number of para-hydroxylation sites is 1. The molecule has 3 N–H and O–H groups in total. The topological polar surface area (TPSA) is 76.8 Å². The normalized spacial score (nSPS) is 17.4. The summed E-state index contributed by atoms with van der Waals surface area (Å²) < 4.78 is 11.3. The quantitative estimate of drug-likeness (QED) is 0.800. The molecule has 1 fully saturated rings. The summed E-state index contributed by atoms with van der Waals surface area (Å²) in [4.78, 5) is 13.9. The zero-order chi connectivity index (χ0) is 18.5. The van der Waals surface area contributed by atoms with Crippen LogP contribution < -0.4 is 11.1 Å². The van der Waals surface area contributed by atoms with Gasteiger partial charge < -0.3 is 25.4 Å². The molecule has 1 aromatic rings. The van der Waals surface area contributed by atoms with Gasteiger partial charge in [0.15, 0.2) is 0 Å². The lowest BCUT2D eigenvalue weighted by molar-refractivity contribution is -0.0588. The number of rotatable bonds is 5. The molecule has 0 radical (unpaired) electrons. The van der Waals surface area contributed by atoms with Crippen LogP contribution >= 0.6 is 0 Å². The largest absolute Gasteiger partial charge is 0.444 e. The van der Waals surface area contributed by atoms with Crippen LogP contribution in [0.3, 0.4) is 0 Å². The molecule has 1 aliphatic rings. The Balaban J connectivity index is 1.84. The number of amides is 1. The van der Waals surface area contributed by atoms with E-state index in [9.17, 15) is 4.79 Å². The number of anilines is 1. The van der Waals surface area contributed by atoms with E-state index >= 15 is 0 Å². The molecule has 0 saturated carbocycles. The molecule has 140 valence electrons. The molecule has 0 spiro atoms. The summed E-state index contributed by atoms with van der Waals surface area (Å²) in [6.07, 6.45) is 1.31. The van der Waals surface area contributed by atoms with Crippen LogP contribution in [0.5, 0.6) is 0 Å². The molecule has 6 nitrogen and oxygen atoms in total. The van der Waals surface area contributed by atoms with Gasteiger partial charge in [0.2, 0.25) is 0 Å². The number of hydrogen-bond acceptors (Lipinski definition) is 5. The van der Waals surface area contributed by atoms with Gasteiger partial charge in [-0.05, 0) is 45.2 Å². The predicted octanol–water partition coefficient (Wildman–Crippen LogP) is 2.77. The van der Waals surface area contributed by atoms with Crippen LogP contribution in [0.4, 0.5) is 10.5 Å². The third kappa shape index (κ3) is 5.61. The van der Waals surface area contributed by atoms with E-state index < -0.39 is 5.60 Å². The Morgan fingerprint density at radius 1 is 1.28 bits per heavy atom. The zero-order valence-electron chi connectivity index (χ0n) is 15.8. The number of methoxy groups -OCH3 is 1. The molecule has 1 aliphatic heterocycles. The van der Waals surface area contributed by atoms with Crippen molar-refractivity contribution in [3.8, 4) is 0 Å². The molecule has 6 heteroatoms. The molecule has 2 rings (SSSR count). The first-order chi connectivity index (χ1) is 11.7. The van der Waals surface area contributed by atoms with Gasteiger partial charge in [0.05, 0.1) is 5.60 Å². The standard InChI is InChI=1S/C19H31N3O3/c1-18(2,3)25-17(23)22-11-9-19(24-4,10-12-22)14-21-13-15-7-5-6-8-16(15)20/h5-8,21H,9-14,20H2,1-4H3. The lowest BCUT2D eigenvalue weighted by atomic mass is 9.91. The number of ether oxygens (including phenoxy) is 2. The molecule has 1 amide bonds. The van der Waals surface area contributed by atoms with Gasteiger partial charge in [0.25, 0.3) is 0 Å². The van der Waals surface area contributed by atoms with E-state index in [1.165, 1.54) is 0 Å². The molecule has 1 aromatic carbocycles. The van der Waals surface area contributed by atoms with Crippen LogP contribution in [-0.4, -0.2) is 48.9 Å². The molecular weight excluding hydrogens is 318 g/mol. The first kappa shape index (κ1) is 19.5. The fraction of sp³-hybridized carbons (Fsp3) is 0.632. The van der Waals surface area contributed by atoms with Crippen LogP contribution in [-0.2, 0) is 16.0 Å². The maximum Gasteiger partial charge on any atom is 0.410 e. The number of carbonyl (C=O) groups is 1. The van der Waals surface area contributed by atoms with Crippen molar-refractivity contribution in [2.24, 2.45) is 0 Å². The van der Waals surface area contributed by atoms with E-state index in [-0.39, 0.29) is 11.7 Å². The minimum Gasteiger partial charge on any atom is -0.444 e. The van der Waals surface area contributed by atoms with E-state index in [1.807, 2.05) is 45.0 Å². The van der Waals surface area contributed by atoms with E-state index in [4.69, 9.17) is 15.2 Å². The number of nitrogen functional groups attached to an aromatic ring is 1. The fourth-order valence-corrected chi connectivity index (χ4v) is 3.00. The third-order valence-corrected chi connectivity index (χ3v) is 4.58. The molecule has 0 aliphatic carbocycles. The Kier molecular flexibility index (Phi) is 6.30. The first-order valence-electron chi connectivity index (χ1n) is 8.82. The van der Waals surface area contributed by atoms with Crippen molar-refractivity contribution in [3.05, 3.63) is 29.8 Å². The van der Waals surface area contributed by atoms with Gasteiger partial charge in [-0.15, -0.1) is 0 Å². The molecule has 0 atom stereocenters. The SMILES string of the molecule is COC1(CNCc2ccccc2N)CCN(C(=O)OC(C)(C)C)CC1. The second kappa shape index (κ2) is 8.06. The van der Waals surface area contributed by atoms with Crippen molar-refractivity contribution >= 4 is 11.8 Å². The maximum atomic E-state index is 12.2. The summed E-state index contributed by atoms with van der Waals surface area (Å²) >= 11 is 0. The minimum absolute atomic E-state index is 0.248. The lowest BCUT2D eigenvalue weighted by Gasteiger charge is -2.41. The van der Waals surface area contributed by atoms with Gasteiger partial charge in [-0.1, -0.05) is 18.2 Å². The number of hydrogen-bond donors (Lipinski definition) is 2. The first-order valence-corrected chi connectivity index (χ1v) is 8.82. The Morgan fingerprint density at radius 2 is 1.92 bits per heavy atom. The van der Waals surface area contributed by atoms with Gasteiger partial charge in [-0.3, -0.25) is 0 Å². The van der Waals surface area contributed by atoms with Crippen molar-refractivity contribution in [3.63, 3.8) is 0 Å². The number of carbonyl (C=O) groups excluding carboxylic acids is 1. The highest BCUT2D eigenvalue weighted by molar-refractivity contribution is 5.68. The monoisotopic (exact) mass is 349 g/mol. The summed E-state index contributed by atoms with van der Waals surface area (Å²) in [5.41, 5.74) is 7.12. The Hall–Kier alpha value is -1.79. The molecule has 1 saturated heterocycles. The Labute approximate surface area is 150 Å². The predicted molar refractivity (Wildman–Crippen MR) is 99.3 cm³/mol. The maximum absolute atomic E-state index is 12.2. The number of nitrogens with one attached hydrogen (secondary N) is 1. The van der Waals surface area contributed by atoms with Crippen LogP contribution in [0.25, 0.3) is 0 Å². The third-order valence-electron chi connectivity index (χ3n) is 4.58. The summed E-state index contributed by atoms with van der Waals surface area (Å²) in [5, 5.41) is 3.45. The smallest absolute Gasteiger partial charge is 0.410 e. The number of nitrogens with zero attached hydrogens (tertiary/aromatic N) is 1. The number of benzene rings is 1. The Morgan fingerprint density at radius 3 is 2.48 bits per heavy atom. The number of nitrogens with two attached hydrogens (primary N) is 1. The molecule has 0 unspecified atom stereocenters. The molecule has 0 bridgehead atoms. The fourth-order valence-electron chi connectivity index (χ4n) is 3.00. The van der Waals surface area contributed by atoms with Crippen molar-refractivity contribution in [1.29, 1.82) is 0 Å². The molecular formula is C19H31N3O3. The zero-order valence-corrected chi connectivity index (χ0v) is 15.8. The van der Waals surface area contributed by atoms with Crippen LogP contribution in [0, 0.1) is 0 Å². The van der Waals surface area contributed by atoms with Crippen LogP contribution in [0.2, 0.25) is 0 Å². The minimum atomic E-state index is -0.468. The number of piperidine rings is 1. The van der Waals surface area contributed by atoms with E-state index in [1.54, 1.807) is 12.0 Å². The summed E-state index contributed by atoms with van der Waals surface area (Å²) in [7, 11) is 1.74. The van der Waals surface area contributed by atoms with Gasteiger partial charge in [-0.25, -0.2) is 4.79 Å². The summed E-state index contributed by atoms with van der Waals surface area (Å²) in [6, 6.07) is 7.84. The summed E-state index contributed by atoms with van der Waals surface area (Å²) in [5.74, 6) is 0. The second-order valence-corrected chi connectivity index (χ2v) is 7.66. The van der Waals surface area contributed by atoms with Gasteiger partial charge in [0, 0.05) is 39.0 Å². The van der Waals surface area contributed by atoms with E-state index in [0.717, 1.165) is 30.6 Å². The average Bonchev–Trinajstić information content (AvgIpc) is 2.55. The highest BCUT2D eigenvalue weighted by Crippen LogP contribution is 2.26. The van der Waals surface area contributed by atoms with Crippen molar-refractivity contribution in [2.45, 2.75) is 51.4 Å². The van der Waals surface area contributed by atoms with E-state index in [2.05, 4.69) is 5.32 Å². The van der Waals surface area contributed by atoms with Gasteiger partial charge in [0.1, 0.15) is 5.60 Å². The van der Waals surface area contributed by atoms with Gasteiger partial charge in [-0.2, -0.15) is 0 Å². The van der Waals surface area contributed by atoms with E-state index in [0.29, 0.717) is 19.6 Å². The lowest BCUT2D eigenvalue weighted by Crippen LogP contribution is -2.53. The Bertz CT molecular complexity index is 576. The molecule has 25 heavy (non-hydrogen) atoms. The van der Waals surface area contributed by atoms with Crippen molar-refractivity contribution < 1.29 is 14.3 Å². The summed E-state index contributed by atoms with van der Waals surface area (Å²) in [6.45, 7) is 8.35. The van der Waals surface area contributed by atoms with Crippen molar-refractivity contribution in [2.75, 3.05) is 32.5 Å². The van der Waals surface area contributed by atoms with Crippen LogP contribution in [0.1, 0.15) is 39.2 Å².